The summed E-state index contributed by atoms with van der Waals surface area (Å²) < 4.78 is 5.86. The molecule has 0 heterocycles. The molecule has 11 heteroatoms. The van der Waals surface area contributed by atoms with Crippen molar-refractivity contribution in [3.8, 4) is 5.75 Å². The maximum atomic E-state index is 13.8. The van der Waals surface area contributed by atoms with Crippen molar-refractivity contribution in [3.63, 3.8) is 0 Å². The number of esters is 1. The number of amides is 2. The summed E-state index contributed by atoms with van der Waals surface area (Å²) in [4.78, 5) is 40.6. The van der Waals surface area contributed by atoms with Crippen LogP contribution in [0, 0.1) is 11.8 Å². The number of phenolic OH excluding ortho intramolecular Hbond substituents is 1. The number of aromatic hydroxyl groups is 1. The van der Waals surface area contributed by atoms with E-state index in [1.54, 1.807) is 13.1 Å². The van der Waals surface area contributed by atoms with Crippen molar-refractivity contribution in [1.82, 2.24) is 16.0 Å². The lowest BCUT2D eigenvalue weighted by atomic mass is 9.95. The summed E-state index contributed by atoms with van der Waals surface area (Å²) in [6.45, 7) is 12.3. The third-order valence-electron chi connectivity index (χ3n) is 7.41. The molecule has 0 aromatic heterocycles. The van der Waals surface area contributed by atoms with Crippen LogP contribution in [-0.2, 0) is 25.5 Å². The van der Waals surface area contributed by atoms with Crippen LogP contribution in [0.5, 0.6) is 5.75 Å². The second kappa shape index (κ2) is 16.1. The first-order valence-electron chi connectivity index (χ1n) is 14.2. The Morgan fingerprint density at radius 3 is 2.12 bits per heavy atom. The highest BCUT2D eigenvalue weighted by Gasteiger charge is 2.40. The van der Waals surface area contributed by atoms with Gasteiger partial charge in [-0.25, -0.2) is 4.79 Å². The fourth-order valence-corrected chi connectivity index (χ4v) is 5.09. The van der Waals surface area contributed by atoms with Crippen LogP contribution in [0.1, 0.15) is 58.3 Å². The minimum atomic E-state index is -1.74. The number of nitrogens with one attached hydrogen (secondary N) is 3. The molecule has 6 atom stereocenters. The molecule has 236 valence electrons. The number of rotatable bonds is 15. The molecule has 2 aromatic rings. The molecule has 0 saturated heterocycles. The van der Waals surface area contributed by atoms with Crippen molar-refractivity contribution >= 4 is 41.0 Å². The van der Waals surface area contributed by atoms with Crippen LogP contribution in [0.2, 0.25) is 10.0 Å². The van der Waals surface area contributed by atoms with Gasteiger partial charge in [0.2, 0.25) is 11.8 Å². The SMILES string of the molecule is C=CC(C)[C@H](OC(=O)[C@H](NC(=O)[C@@H](Cc1cc(Cl)c(O)c(Cl)c1)NC(=O)[C@@H](NC)[C@@H](C)CC)C(C)(C)O)c1ccccc1. The fraction of sp³-hybridized carbons (Fsp3) is 0.469. The highest BCUT2D eigenvalue weighted by Crippen LogP contribution is 2.33. The van der Waals surface area contributed by atoms with E-state index in [4.69, 9.17) is 27.9 Å². The maximum absolute atomic E-state index is 13.8. The average Bonchev–Trinajstić information content (AvgIpc) is 2.96. The normalized spacial score (nSPS) is 15.7. The smallest absolute Gasteiger partial charge is 0.332 e. The number of carbonyl (C=O) groups is 3. The van der Waals surface area contributed by atoms with Crippen LogP contribution in [0.4, 0.5) is 0 Å². The average molecular weight is 637 g/mol. The fourth-order valence-electron chi connectivity index (χ4n) is 4.56. The standard InChI is InChI=1S/C32H43Cl2N3O6/c1-8-18(3)25(35-7)30(40)36-24(17-20-15-22(33)26(38)23(34)16-20)29(39)37-28(32(5,6)42)31(41)43-27(19(4)9-2)21-13-11-10-12-14-21/h9-16,18-19,24-25,27-28,35,38,42H,2,8,17H2,1,3-7H3,(H,36,40)(H,37,39)/t18-,19?,24+,25-,27-,28-/m0/s1. The summed E-state index contributed by atoms with van der Waals surface area (Å²) in [7, 11) is 1.65. The molecule has 1 unspecified atom stereocenters. The van der Waals surface area contributed by atoms with Gasteiger partial charge in [-0.15, -0.1) is 6.58 Å². The van der Waals surface area contributed by atoms with Gasteiger partial charge in [0.25, 0.3) is 0 Å². The van der Waals surface area contributed by atoms with E-state index >= 15 is 0 Å². The molecule has 9 nitrogen and oxygen atoms in total. The van der Waals surface area contributed by atoms with E-state index in [0.29, 0.717) is 12.0 Å². The van der Waals surface area contributed by atoms with Crippen molar-refractivity contribution in [3.05, 3.63) is 76.3 Å². The first-order chi connectivity index (χ1) is 20.1. The number of phenols is 1. The lowest BCUT2D eigenvalue weighted by Gasteiger charge is -2.33. The maximum Gasteiger partial charge on any atom is 0.332 e. The molecular weight excluding hydrogens is 593 g/mol. The minimum Gasteiger partial charge on any atom is -0.505 e. The Bertz CT molecular complexity index is 1240. The van der Waals surface area contributed by atoms with Crippen molar-refractivity contribution in [1.29, 1.82) is 0 Å². The molecule has 2 aromatic carbocycles. The topological polar surface area (TPSA) is 137 Å². The van der Waals surface area contributed by atoms with Gasteiger partial charge < -0.3 is 30.9 Å². The second-order valence-corrected chi connectivity index (χ2v) is 12.1. The third-order valence-corrected chi connectivity index (χ3v) is 7.98. The van der Waals surface area contributed by atoms with Gasteiger partial charge in [-0.05, 0) is 50.1 Å². The van der Waals surface area contributed by atoms with Gasteiger partial charge in [0, 0.05) is 12.3 Å². The molecule has 5 N–H and O–H groups in total. The van der Waals surface area contributed by atoms with Crippen molar-refractivity contribution in [2.75, 3.05) is 7.05 Å². The summed E-state index contributed by atoms with van der Waals surface area (Å²) in [5, 5.41) is 29.2. The molecule has 2 amide bonds. The number of halogens is 2. The zero-order valence-corrected chi connectivity index (χ0v) is 27.0. The number of carbonyl (C=O) groups excluding carboxylic acids is 3. The van der Waals surface area contributed by atoms with Crippen molar-refractivity contribution in [2.45, 2.75) is 77.3 Å². The van der Waals surface area contributed by atoms with Crippen LogP contribution in [-0.4, -0.2) is 58.8 Å². The monoisotopic (exact) mass is 635 g/mol. The van der Waals surface area contributed by atoms with Crippen LogP contribution >= 0.6 is 23.2 Å². The molecule has 2 rings (SSSR count). The number of hydrogen-bond acceptors (Lipinski definition) is 7. The summed E-state index contributed by atoms with van der Waals surface area (Å²) >= 11 is 12.2. The zero-order valence-electron chi connectivity index (χ0n) is 25.5. The van der Waals surface area contributed by atoms with Crippen LogP contribution in [0.25, 0.3) is 0 Å². The van der Waals surface area contributed by atoms with Gasteiger partial charge in [0.15, 0.2) is 11.8 Å². The number of hydrogen-bond donors (Lipinski definition) is 5. The molecule has 0 saturated carbocycles. The first kappa shape index (κ1) is 36.1. The first-order valence-corrected chi connectivity index (χ1v) is 14.9. The Morgan fingerprint density at radius 1 is 1.05 bits per heavy atom. The quantitative estimate of drug-likeness (QED) is 0.141. The molecule has 0 aliphatic rings. The van der Waals surface area contributed by atoms with Crippen molar-refractivity contribution < 1.29 is 29.3 Å². The van der Waals surface area contributed by atoms with Gasteiger partial charge >= 0.3 is 5.97 Å². The summed E-state index contributed by atoms with van der Waals surface area (Å²) in [6.07, 6.45) is 1.55. The van der Waals surface area contributed by atoms with E-state index in [1.165, 1.54) is 26.0 Å². The molecule has 0 aliphatic heterocycles. The van der Waals surface area contributed by atoms with E-state index in [9.17, 15) is 24.6 Å². The summed E-state index contributed by atoms with van der Waals surface area (Å²) in [5.41, 5.74) is -0.572. The summed E-state index contributed by atoms with van der Waals surface area (Å²) in [5.74, 6) is -2.68. The Balaban J connectivity index is 2.43. The molecule has 0 aliphatic carbocycles. The predicted octanol–water partition coefficient (Wildman–Crippen LogP) is 4.72. The van der Waals surface area contributed by atoms with Gasteiger partial charge in [0.1, 0.15) is 12.1 Å². The second-order valence-electron chi connectivity index (χ2n) is 11.3. The highest BCUT2D eigenvalue weighted by atomic mass is 35.5. The van der Waals surface area contributed by atoms with E-state index in [1.807, 2.05) is 51.1 Å². The van der Waals surface area contributed by atoms with E-state index in [-0.39, 0.29) is 34.1 Å². The van der Waals surface area contributed by atoms with Crippen molar-refractivity contribution in [2.24, 2.45) is 11.8 Å². The molecule has 43 heavy (non-hydrogen) atoms. The van der Waals surface area contributed by atoms with E-state index < -0.39 is 47.6 Å². The Morgan fingerprint density at radius 2 is 1.63 bits per heavy atom. The number of ether oxygens (including phenoxy) is 1. The minimum absolute atomic E-state index is 0.0260. The lowest BCUT2D eigenvalue weighted by Crippen LogP contribution is -2.60. The number of benzene rings is 2. The molecule has 0 fully saturated rings. The third kappa shape index (κ3) is 9.96. The predicted molar refractivity (Wildman–Crippen MR) is 169 cm³/mol. The molecular formula is C32H43Cl2N3O6. The van der Waals surface area contributed by atoms with Gasteiger partial charge in [-0.2, -0.15) is 0 Å². The summed E-state index contributed by atoms with van der Waals surface area (Å²) in [6, 6.07) is 8.64. The largest absolute Gasteiger partial charge is 0.505 e. The van der Waals surface area contributed by atoms with Crippen LogP contribution in [0.15, 0.2) is 55.1 Å². The zero-order chi connectivity index (χ0) is 32.5. The Hall–Kier alpha value is -3.11. The van der Waals surface area contributed by atoms with Crippen LogP contribution in [0.3, 0.4) is 0 Å². The number of aliphatic hydroxyl groups is 1. The van der Waals surface area contributed by atoms with E-state index in [0.717, 1.165) is 5.56 Å². The van der Waals surface area contributed by atoms with Crippen LogP contribution < -0.4 is 16.0 Å². The number of likely N-dealkylation sites (N-methyl/N-ethyl adjacent to an activating group) is 1. The molecule has 0 bridgehead atoms. The van der Waals surface area contributed by atoms with E-state index in [2.05, 4.69) is 22.5 Å². The Kier molecular flexibility index (Phi) is 13.5. The van der Waals surface area contributed by atoms with Gasteiger partial charge in [0.05, 0.1) is 21.7 Å². The molecule has 0 spiro atoms. The molecule has 0 radical (unpaired) electrons. The van der Waals surface area contributed by atoms with Gasteiger partial charge in [-0.3, -0.25) is 9.59 Å². The highest BCUT2D eigenvalue weighted by molar-refractivity contribution is 6.37. The van der Waals surface area contributed by atoms with Gasteiger partial charge in [-0.1, -0.05) is 86.8 Å². The Labute approximate surface area is 264 Å². The lowest BCUT2D eigenvalue weighted by molar-refractivity contribution is -0.162.